The molecule has 0 saturated heterocycles. The molecule has 0 aliphatic carbocycles. The largest absolute Gasteiger partial charge is 0.496 e. The standard InChI is InChI=1S/C27H29N5O4S2/c1-6-36-26-22(37-21-11-8-7-10-20(21)35-5)23(30-25(31-26)24-28-16-9-17-29-24)32-38(33,34)19-14-12-18(13-15-19)27(2,3)4/h7-17H,6H2,1-5H3,(H,30,31,32). The molecular weight excluding hydrogens is 522 g/mol. The summed E-state index contributed by atoms with van der Waals surface area (Å²) in [5, 5.41) is 0. The minimum absolute atomic E-state index is 0.0432. The van der Waals surface area contributed by atoms with Gasteiger partial charge >= 0.3 is 0 Å². The fourth-order valence-electron chi connectivity index (χ4n) is 3.47. The molecule has 0 fully saturated rings. The smallest absolute Gasteiger partial charge is 0.263 e. The van der Waals surface area contributed by atoms with Gasteiger partial charge in [0.2, 0.25) is 11.7 Å². The predicted octanol–water partition coefficient (Wildman–Crippen LogP) is 5.59. The Hall–Kier alpha value is -3.70. The molecule has 11 heteroatoms. The molecule has 4 rings (SSSR count). The van der Waals surface area contributed by atoms with Gasteiger partial charge in [-0.25, -0.2) is 23.4 Å². The van der Waals surface area contributed by atoms with Crippen molar-refractivity contribution in [3.8, 4) is 23.3 Å². The maximum absolute atomic E-state index is 13.5. The molecule has 1 N–H and O–H groups in total. The average molecular weight is 552 g/mol. The van der Waals surface area contributed by atoms with Gasteiger partial charge in [0.25, 0.3) is 10.0 Å². The molecular formula is C27H29N5O4S2. The van der Waals surface area contributed by atoms with Gasteiger partial charge in [-0.2, -0.15) is 4.98 Å². The van der Waals surface area contributed by atoms with Crippen LogP contribution in [-0.2, 0) is 15.4 Å². The summed E-state index contributed by atoms with van der Waals surface area (Å²) in [6, 6.07) is 15.9. The van der Waals surface area contributed by atoms with E-state index < -0.39 is 10.0 Å². The van der Waals surface area contributed by atoms with Crippen molar-refractivity contribution in [3.63, 3.8) is 0 Å². The second kappa shape index (κ2) is 11.4. The summed E-state index contributed by atoms with van der Waals surface area (Å²) in [5.74, 6) is 1.21. The summed E-state index contributed by atoms with van der Waals surface area (Å²) in [5.41, 5.74) is 0.908. The summed E-state index contributed by atoms with van der Waals surface area (Å²) < 4.78 is 41.1. The van der Waals surface area contributed by atoms with Crippen LogP contribution in [0.5, 0.6) is 11.6 Å². The second-order valence-corrected chi connectivity index (χ2v) is 11.9. The highest BCUT2D eigenvalue weighted by Crippen LogP contribution is 2.43. The highest BCUT2D eigenvalue weighted by atomic mass is 32.2. The maximum atomic E-state index is 13.5. The number of nitrogens with one attached hydrogen (secondary N) is 1. The van der Waals surface area contributed by atoms with Crippen LogP contribution in [0.1, 0.15) is 33.3 Å². The van der Waals surface area contributed by atoms with Gasteiger partial charge in [-0.1, -0.05) is 56.8 Å². The third-order valence-corrected chi connectivity index (χ3v) is 7.91. The number of methoxy groups -OCH3 is 1. The van der Waals surface area contributed by atoms with Crippen molar-refractivity contribution in [3.05, 3.63) is 72.6 Å². The number of rotatable bonds is 9. The van der Waals surface area contributed by atoms with E-state index in [0.29, 0.717) is 17.3 Å². The molecule has 0 radical (unpaired) electrons. The molecule has 0 atom stereocenters. The molecule has 38 heavy (non-hydrogen) atoms. The number of nitrogens with zero attached hydrogens (tertiary/aromatic N) is 4. The molecule has 0 amide bonds. The number of anilines is 1. The summed E-state index contributed by atoms with van der Waals surface area (Å²) in [7, 11) is -2.45. The zero-order valence-corrected chi connectivity index (χ0v) is 23.4. The Morgan fingerprint density at radius 1 is 0.921 bits per heavy atom. The van der Waals surface area contributed by atoms with Crippen LogP contribution in [0.15, 0.2) is 81.7 Å². The van der Waals surface area contributed by atoms with E-state index in [1.54, 1.807) is 37.7 Å². The van der Waals surface area contributed by atoms with E-state index in [4.69, 9.17) is 9.47 Å². The van der Waals surface area contributed by atoms with Crippen molar-refractivity contribution in [2.24, 2.45) is 0 Å². The molecule has 0 aliphatic heterocycles. The first-order valence-corrected chi connectivity index (χ1v) is 14.2. The minimum atomic E-state index is -4.02. The zero-order chi connectivity index (χ0) is 27.3. The minimum Gasteiger partial charge on any atom is -0.496 e. The third-order valence-electron chi connectivity index (χ3n) is 5.42. The fraction of sp³-hybridized carbons (Fsp3) is 0.259. The Balaban J connectivity index is 1.84. The van der Waals surface area contributed by atoms with Crippen LogP contribution >= 0.6 is 11.8 Å². The number of aromatic nitrogens is 4. The molecule has 2 heterocycles. The number of hydrogen-bond donors (Lipinski definition) is 1. The lowest BCUT2D eigenvalue weighted by Crippen LogP contribution is -2.17. The van der Waals surface area contributed by atoms with Gasteiger partial charge in [0.1, 0.15) is 10.6 Å². The molecule has 4 aromatic rings. The molecule has 0 bridgehead atoms. The predicted molar refractivity (Wildman–Crippen MR) is 147 cm³/mol. The van der Waals surface area contributed by atoms with Gasteiger partial charge in [-0.05, 0) is 48.2 Å². The van der Waals surface area contributed by atoms with E-state index in [1.807, 2.05) is 43.3 Å². The summed E-state index contributed by atoms with van der Waals surface area (Å²) in [6.07, 6.45) is 3.12. The number of para-hydroxylation sites is 1. The number of ether oxygens (including phenoxy) is 2. The molecule has 9 nitrogen and oxygen atoms in total. The average Bonchev–Trinajstić information content (AvgIpc) is 2.90. The topological polar surface area (TPSA) is 116 Å². The second-order valence-electron chi connectivity index (χ2n) is 9.17. The van der Waals surface area contributed by atoms with E-state index in [2.05, 4.69) is 45.4 Å². The van der Waals surface area contributed by atoms with Crippen molar-refractivity contribution in [2.75, 3.05) is 18.4 Å². The van der Waals surface area contributed by atoms with Gasteiger partial charge in [0.15, 0.2) is 11.6 Å². The highest BCUT2D eigenvalue weighted by molar-refractivity contribution is 7.99. The summed E-state index contributed by atoms with van der Waals surface area (Å²) in [6.45, 7) is 8.32. The van der Waals surface area contributed by atoms with Gasteiger partial charge in [-0.3, -0.25) is 4.72 Å². The Kier molecular flexibility index (Phi) is 8.17. The van der Waals surface area contributed by atoms with Crippen LogP contribution in [0.4, 0.5) is 5.82 Å². The molecule has 2 aromatic carbocycles. The Morgan fingerprint density at radius 2 is 1.61 bits per heavy atom. The van der Waals surface area contributed by atoms with Crippen LogP contribution in [-0.4, -0.2) is 42.1 Å². The Bertz CT molecular complexity index is 1510. The number of hydrogen-bond acceptors (Lipinski definition) is 9. The summed E-state index contributed by atoms with van der Waals surface area (Å²) >= 11 is 1.23. The van der Waals surface area contributed by atoms with E-state index in [9.17, 15) is 8.42 Å². The van der Waals surface area contributed by atoms with Gasteiger partial charge in [0.05, 0.1) is 23.5 Å². The van der Waals surface area contributed by atoms with E-state index in [0.717, 1.165) is 10.5 Å². The van der Waals surface area contributed by atoms with Crippen LogP contribution in [0.3, 0.4) is 0 Å². The van der Waals surface area contributed by atoms with E-state index in [1.165, 1.54) is 11.8 Å². The van der Waals surface area contributed by atoms with Crippen LogP contribution in [0.25, 0.3) is 11.6 Å². The highest BCUT2D eigenvalue weighted by Gasteiger charge is 2.25. The molecule has 2 aromatic heterocycles. The zero-order valence-electron chi connectivity index (χ0n) is 21.8. The quantitative estimate of drug-likeness (QED) is 0.284. The third kappa shape index (κ3) is 6.22. The number of benzene rings is 2. The lowest BCUT2D eigenvalue weighted by molar-refractivity contribution is 0.318. The van der Waals surface area contributed by atoms with Crippen LogP contribution < -0.4 is 14.2 Å². The first kappa shape index (κ1) is 27.3. The Morgan fingerprint density at radius 3 is 2.24 bits per heavy atom. The maximum Gasteiger partial charge on any atom is 0.263 e. The van der Waals surface area contributed by atoms with Crippen molar-refractivity contribution in [2.45, 2.75) is 47.8 Å². The Labute approximate surface area is 227 Å². The molecule has 0 unspecified atom stereocenters. The molecule has 0 aliphatic rings. The lowest BCUT2D eigenvalue weighted by atomic mass is 9.87. The van der Waals surface area contributed by atoms with Gasteiger partial charge in [-0.15, -0.1) is 0 Å². The molecule has 198 valence electrons. The monoisotopic (exact) mass is 551 g/mol. The van der Waals surface area contributed by atoms with E-state index in [-0.39, 0.29) is 33.7 Å². The van der Waals surface area contributed by atoms with Crippen molar-refractivity contribution < 1.29 is 17.9 Å². The SMILES string of the molecule is CCOc1nc(-c2ncccn2)nc(NS(=O)(=O)c2ccc(C(C)(C)C)cc2)c1Sc1ccccc1OC. The first-order valence-electron chi connectivity index (χ1n) is 11.9. The normalized spacial score (nSPS) is 11.7. The van der Waals surface area contributed by atoms with Crippen molar-refractivity contribution in [1.82, 2.24) is 19.9 Å². The first-order chi connectivity index (χ1) is 18.1. The van der Waals surface area contributed by atoms with Gasteiger partial charge in [0, 0.05) is 12.4 Å². The lowest BCUT2D eigenvalue weighted by Gasteiger charge is -2.19. The van der Waals surface area contributed by atoms with Crippen LogP contribution in [0, 0.1) is 0 Å². The number of sulfonamides is 1. The molecule has 0 saturated carbocycles. The molecule has 0 spiro atoms. The fourth-order valence-corrected chi connectivity index (χ4v) is 5.56. The van der Waals surface area contributed by atoms with Crippen molar-refractivity contribution in [1.29, 1.82) is 0 Å². The van der Waals surface area contributed by atoms with Crippen LogP contribution in [0.2, 0.25) is 0 Å². The van der Waals surface area contributed by atoms with E-state index >= 15 is 0 Å². The van der Waals surface area contributed by atoms with Crippen molar-refractivity contribution >= 4 is 27.6 Å². The van der Waals surface area contributed by atoms with Gasteiger partial charge < -0.3 is 9.47 Å². The summed E-state index contributed by atoms with van der Waals surface area (Å²) in [4.78, 5) is 18.7.